The van der Waals surface area contributed by atoms with Crippen LogP contribution in [0.4, 0.5) is 18.9 Å². The number of rotatable bonds is 3. The molecule has 1 fully saturated rings. The lowest BCUT2D eigenvalue weighted by Gasteiger charge is -2.38. The molecule has 0 saturated carbocycles. The Balaban J connectivity index is 1.74. The molecule has 4 rings (SSSR count). The fourth-order valence-corrected chi connectivity index (χ4v) is 5.30. The molecule has 0 bridgehead atoms. The van der Waals surface area contributed by atoms with E-state index in [2.05, 4.69) is 0 Å². The van der Waals surface area contributed by atoms with Crippen LogP contribution < -0.4 is 10.3 Å². The fraction of sp³-hybridized carbons (Fsp3) is 0.474. The molecule has 8 nitrogen and oxygen atoms in total. The predicted octanol–water partition coefficient (Wildman–Crippen LogP) is 2.18. The summed E-state index contributed by atoms with van der Waals surface area (Å²) < 4.78 is 64.0. The van der Waals surface area contributed by atoms with Crippen molar-refractivity contribution in [3.63, 3.8) is 0 Å². The molecule has 2 aliphatic heterocycles. The van der Waals surface area contributed by atoms with Crippen LogP contribution in [-0.4, -0.2) is 60.1 Å². The van der Waals surface area contributed by atoms with E-state index < -0.39 is 26.9 Å². The number of sulfonamides is 1. The Hall–Kier alpha value is -2.60. The number of alkyl halides is 3. The van der Waals surface area contributed by atoms with E-state index >= 15 is 0 Å². The van der Waals surface area contributed by atoms with Gasteiger partial charge in [-0.3, -0.25) is 4.79 Å². The molecule has 1 aromatic heterocycles. The van der Waals surface area contributed by atoms with Crippen LogP contribution in [0.25, 0.3) is 10.9 Å². The van der Waals surface area contributed by atoms with Crippen molar-refractivity contribution in [3.05, 3.63) is 39.7 Å². The maximum atomic E-state index is 12.8. The van der Waals surface area contributed by atoms with Gasteiger partial charge in [-0.2, -0.15) is 17.5 Å². The Morgan fingerprint density at radius 2 is 1.81 bits per heavy atom. The van der Waals surface area contributed by atoms with Crippen molar-refractivity contribution in [3.8, 4) is 0 Å². The summed E-state index contributed by atoms with van der Waals surface area (Å²) in [5.74, 6) is -1.30. The molecule has 1 aromatic carbocycles. The molecule has 12 heteroatoms. The molecule has 168 valence electrons. The molecule has 0 spiro atoms. The molecule has 0 aliphatic carbocycles. The third kappa shape index (κ3) is 3.37. The van der Waals surface area contributed by atoms with Crippen LogP contribution >= 0.6 is 0 Å². The van der Waals surface area contributed by atoms with Gasteiger partial charge in [-0.1, -0.05) is 0 Å². The van der Waals surface area contributed by atoms with Gasteiger partial charge in [0.15, 0.2) is 0 Å². The highest BCUT2D eigenvalue weighted by Crippen LogP contribution is 2.37. The third-order valence-corrected chi connectivity index (χ3v) is 7.63. The topological polar surface area (TPSA) is 99.9 Å². The number of aromatic nitrogens is 1. The van der Waals surface area contributed by atoms with Gasteiger partial charge in [0.1, 0.15) is 5.56 Å². The van der Waals surface area contributed by atoms with Gasteiger partial charge in [0.2, 0.25) is 5.43 Å². The lowest BCUT2D eigenvalue weighted by atomic mass is 9.94. The first-order valence-corrected chi connectivity index (χ1v) is 11.1. The standard InChI is InChI=1S/C19H20F3N3O5S/c1-11-2-3-12-15(23-6-8-24(9-7-23)31(29,30)19(20,21)22)5-4-13-16(12)25(11)10-14(17(13)26)18(27)28/h4-5,10-11H,2-3,6-9H2,1H3,(H,27,28). The second kappa shape index (κ2) is 7.23. The number of benzene rings is 1. The van der Waals surface area contributed by atoms with Crippen LogP contribution in [0.2, 0.25) is 0 Å². The molecule has 0 amide bonds. The Labute approximate surface area is 175 Å². The van der Waals surface area contributed by atoms with Crippen molar-refractivity contribution >= 4 is 32.6 Å². The van der Waals surface area contributed by atoms with E-state index in [0.29, 0.717) is 22.7 Å². The summed E-state index contributed by atoms with van der Waals surface area (Å²) in [5, 5.41) is 9.65. The SMILES string of the molecule is CC1CCc2c(N3CCN(S(=O)(=O)C(F)(F)F)CC3)ccc3c(=O)c(C(=O)O)cn1c23. The fourth-order valence-electron chi connectivity index (χ4n) is 4.36. The van der Waals surface area contributed by atoms with Crippen LogP contribution in [-0.2, 0) is 16.4 Å². The zero-order chi connectivity index (χ0) is 22.7. The van der Waals surface area contributed by atoms with E-state index in [9.17, 15) is 36.3 Å². The number of anilines is 1. The average molecular weight is 459 g/mol. The van der Waals surface area contributed by atoms with Crippen LogP contribution in [0.1, 0.15) is 35.3 Å². The van der Waals surface area contributed by atoms with E-state index in [-0.39, 0.29) is 43.2 Å². The van der Waals surface area contributed by atoms with E-state index in [1.165, 1.54) is 12.3 Å². The van der Waals surface area contributed by atoms with Crippen LogP contribution in [0, 0.1) is 0 Å². The maximum Gasteiger partial charge on any atom is 0.511 e. The van der Waals surface area contributed by atoms with Crippen LogP contribution in [0.3, 0.4) is 0 Å². The molecule has 2 aromatic rings. The molecule has 1 N–H and O–H groups in total. The second-order valence-corrected chi connectivity index (χ2v) is 9.70. The van der Waals surface area contributed by atoms with Gasteiger partial charge in [0.05, 0.1) is 5.52 Å². The number of carboxylic acids is 1. The number of carbonyl (C=O) groups is 1. The summed E-state index contributed by atoms with van der Waals surface area (Å²) in [6.45, 7) is 1.45. The van der Waals surface area contributed by atoms with Crippen LogP contribution in [0.15, 0.2) is 23.1 Å². The molecule has 0 radical (unpaired) electrons. The quantitative estimate of drug-likeness (QED) is 0.755. The molecule has 2 aliphatic rings. The largest absolute Gasteiger partial charge is 0.511 e. The lowest BCUT2D eigenvalue weighted by Crippen LogP contribution is -2.52. The summed E-state index contributed by atoms with van der Waals surface area (Å²) in [7, 11) is -5.37. The first kappa shape index (κ1) is 21.6. The molecule has 1 unspecified atom stereocenters. The molecular formula is C19H20F3N3O5S. The van der Waals surface area contributed by atoms with Gasteiger partial charge in [0.25, 0.3) is 0 Å². The highest BCUT2D eigenvalue weighted by molar-refractivity contribution is 7.90. The number of nitrogens with zero attached hydrogens (tertiary/aromatic N) is 3. The number of halogens is 3. The number of hydrogen-bond acceptors (Lipinski definition) is 5. The van der Waals surface area contributed by atoms with E-state index in [1.54, 1.807) is 10.6 Å². The van der Waals surface area contributed by atoms with Gasteiger partial charge in [-0.05, 0) is 37.5 Å². The number of carboxylic acid groups (broad SMARTS) is 1. The van der Waals surface area contributed by atoms with E-state index in [0.717, 1.165) is 11.3 Å². The first-order valence-electron chi connectivity index (χ1n) is 9.69. The second-order valence-electron chi connectivity index (χ2n) is 7.77. The zero-order valence-corrected chi connectivity index (χ0v) is 17.3. The van der Waals surface area contributed by atoms with Crippen molar-refractivity contribution < 1.29 is 31.5 Å². The van der Waals surface area contributed by atoms with Crippen molar-refractivity contribution in [2.24, 2.45) is 0 Å². The summed E-state index contributed by atoms with van der Waals surface area (Å²) >= 11 is 0. The average Bonchev–Trinajstić information content (AvgIpc) is 2.70. The van der Waals surface area contributed by atoms with Crippen molar-refractivity contribution in [1.82, 2.24) is 8.87 Å². The smallest absolute Gasteiger partial charge is 0.477 e. The Kier molecular flexibility index (Phi) is 5.04. The number of pyridine rings is 1. The van der Waals surface area contributed by atoms with Crippen molar-refractivity contribution in [2.45, 2.75) is 31.3 Å². The normalized spacial score (nSPS) is 20.3. The molecule has 1 atom stereocenters. The van der Waals surface area contributed by atoms with Gasteiger partial charge in [0, 0.05) is 49.5 Å². The summed E-state index contributed by atoms with van der Waals surface area (Å²) in [6, 6.07) is 3.17. The summed E-state index contributed by atoms with van der Waals surface area (Å²) in [4.78, 5) is 26.0. The minimum atomic E-state index is -5.37. The molecule has 1 saturated heterocycles. The van der Waals surface area contributed by atoms with E-state index in [4.69, 9.17) is 0 Å². The van der Waals surface area contributed by atoms with Crippen LogP contribution in [0.5, 0.6) is 0 Å². The Bertz CT molecular complexity index is 1230. The summed E-state index contributed by atoms with van der Waals surface area (Å²) in [5.41, 5.74) is -4.07. The molecule has 3 heterocycles. The minimum absolute atomic E-state index is 0.0299. The summed E-state index contributed by atoms with van der Waals surface area (Å²) in [6.07, 6.45) is 2.65. The Morgan fingerprint density at radius 3 is 2.39 bits per heavy atom. The highest BCUT2D eigenvalue weighted by atomic mass is 32.2. The minimum Gasteiger partial charge on any atom is -0.477 e. The van der Waals surface area contributed by atoms with Crippen molar-refractivity contribution in [1.29, 1.82) is 0 Å². The van der Waals surface area contributed by atoms with Gasteiger partial charge in [-0.25, -0.2) is 13.2 Å². The number of aromatic carboxylic acids is 1. The number of piperazine rings is 1. The van der Waals surface area contributed by atoms with Gasteiger partial charge < -0.3 is 14.6 Å². The Morgan fingerprint density at radius 1 is 1.16 bits per heavy atom. The number of hydrogen-bond donors (Lipinski definition) is 1. The van der Waals surface area contributed by atoms with Gasteiger partial charge >= 0.3 is 21.5 Å². The monoisotopic (exact) mass is 459 g/mol. The van der Waals surface area contributed by atoms with Crippen molar-refractivity contribution in [2.75, 3.05) is 31.1 Å². The maximum absolute atomic E-state index is 12.8. The third-order valence-electron chi connectivity index (χ3n) is 6.00. The predicted molar refractivity (Wildman–Crippen MR) is 107 cm³/mol. The first-order chi connectivity index (χ1) is 14.4. The molecular weight excluding hydrogens is 439 g/mol. The van der Waals surface area contributed by atoms with Gasteiger partial charge in [-0.15, -0.1) is 0 Å². The lowest BCUT2D eigenvalue weighted by molar-refractivity contribution is -0.0490. The van der Waals surface area contributed by atoms with E-state index in [1.807, 2.05) is 11.8 Å². The highest BCUT2D eigenvalue weighted by Gasteiger charge is 2.50. The molecule has 31 heavy (non-hydrogen) atoms. The number of aryl methyl sites for hydroxylation is 1. The zero-order valence-electron chi connectivity index (χ0n) is 16.5.